The van der Waals surface area contributed by atoms with E-state index in [1.807, 2.05) is 48.5 Å². The van der Waals surface area contributed by atoms with Crippen LogP contribution in [-0.4, -0.2) is 26.2 Å². The van der Waals surface area contributed by atoms with Gasteiger partial charge in [0, 0.05) is 6.54 Å². The van der Waals surface area contributed by atoms with Crippen molar-refractivity contribution in [3.8, 4) is 11.5 Å². The van der Waals surface area contributed by atoms with Gasteiger partial charge in [-0.05, 0) is 47.6 Å². The molecule has 0 fully saturated rings. The molecule has 0 aliphatic rings. The van der Waals surface area contributed by atoms with E-state index in [1.165, 1.54) is 5.56 Å². The first-order chi connectivity index (χ1) is 12.4. The Morgan fingerprint density at radius 3 is 2.38 bits per heavy atom. The molecule has 0 aliphatic heterocycles. The Kier molecular flexibility index (Phi) is 7.07. The highest BCUT2D eigenvalue weighted by molar-refractivity contribution is 5.77. The van der Waals surface area contributed by atoms with E-state index >= 15 is 0 Å². The maximum Gasteiger partial charge on any atom is 0.257 e. The fraction of sp³-hybridized carbons (Fsp3) is 0.409. The van der Waals surface area contributed by atoms with E-state index in [1.54, 1.807) is 7.11 Å². The molecular weight excluding hydrogens is 326 g/mol. The van der Waals surface area contributed by atoms with Gasteiger partial charge in [0.1, 0.15) is 11.5 Å². The zero-order valence-corrected chi connectivity index (χ0v) is 16.2. The number of hydrogen-bond donors (Lipinski definition) is 1. The van der Waals surface area contributed by atoms with E-state index in [0.29, 0.717) is 6.54 Å². The molecule has 0 spiro atoms. The lowest BCUT2D eigenvalue weighted by atomic mass is 9.86. The molecule has 0 heterocycles. The van der Waals surface area contributed by atoms with Gasteiger partial charge < -0.3 is 14.8 Å². The number of para-hydroxylation sites is 1. The summed E-state index contributed by atoms with van der Waals surface area (Å²) in [7, 11) is 1.66. The zero-order valence-electron chi connectivity index (χ0n) is 16.2. The average molecular weight is 355 g/mol. The molecule has 0 aliphatic carbocycles. The van der Waals surface area contributed by atoms with Crippen LogP contribution in [0.1, 0.15) is 38.3 Å². The maximum absolute atomic E-state index is 12.0. The summed E-state index contributed by atoms with van der Waals surface area (Å²) >= 11 is 0. The number of carbonyl (C=O) groups is 1. The van der Waals surface area contributed by atoms with Crippen molar-refractivity contribution in [2.24, 2.45) is 0 Å². The Bertz CT molecular complexity index is 702. The molecule has 0 bridgehead atoms. The van der Waals surface area contributed by atoms with Crippen molar-refractivity contribution >= 4 is 5.91 Å². The quantitative estimate of drug-likeness (QED) is 0.725. The van der Waals surface area contributed by atoms with Crippen molar-refractivity contribution in [3.05, 3.63) is 59.7 Å². The molecule has 4 heteroatoms. The predicted octanol–water partition coefficient (Wildman–Crippen LogP) is 4.12. The second-order valence-electron chi connectivity index (χ2n) is 7.34. The third kappa shape index (κ3) is 6.10. The lowest BCUT2D eigenvalue weighted by Gasteiger charge is -2.22. The van der Waals surface area contributed by atoms with Gasteiger partial charge in [0.15, 0.2) is 6.61 Å². The molecular formula is C22H29NO3. The molecule has 1 amide bonds. The third-order valence-electron chi connectivity index (χ3n) is 4.18. The second kappa shape index (κ2) is 9.27. The minimum absolute atomic E-state index is 0.0224. The number of ether oxygens (including phenoxy) is 2. The molecule has 26 heavy (non-hydrogen) atoms. The fourth-order valence-electron chi connectivity index (χ4n) is 2.72. The van der Waals surface area contributed by atoms with E-state index in [0.717, 1.165) is 29.9 Å². The van der Waals surface area contributed by atoms with Crippen LogP contribution in [0.15, 0.2) is 48.5 Å². The lowest BCUT2D eigenvalue weighted by molar-refractivity contribution is -0.123. The predicted molar refractivity (Wildman–Crippen MR) is 105 cm³/mol. The van der Waals surface area contributed by atoms with Crippen LogP contribution in [0.4, 0.5) is 0 Å². The SMILES string of the molecule is COc1ccc(CCCNC(=O)COc2ccccc2C(C)(C)C)cc1. The highest BCUT2D eigenvalue weighted by Crippen LogP contribution is 2.30. The first-order valence-electron chi connectivity index (χ1n) is 9.02. The van der Waals surface area contributed by atoms with Crippen LogP contribution < -0.4 is 14.8 Å². The smallest absolute Gasteiger partial charge is 0.257 e. The largest absolute Gasteiger partial charge is 0.497 e. The van der Waals surface area contributed by atoms with E-state index in [-0.39, 0.29) is 17.9 Å². The first kappa shape index (κ1) is 19.8. The number of methoxy groups -OCH3 is 1. The van der Waals surface area contributed by atoms with Crippen molar-refractivity contribution in [2.45, 2.75) is 39.0 Å². The number of amides is 1. The molecule has 0 saturated heterocycles. The molecule has 140 valence electrons. The summed E-state index contributed by atoms with van der Waals surface area (Å²) in [5.41, 5.74) is 2.31. The average Bonchev–Trinajstić information content (AvgIpc) is 2.63. The number of hydrogen-bond acceptors (Lipinski definition) is 3. The normalized spacial score (nSPS) is 11.1. The Hall–Kier alpha value is -2.49. The topological polar surface area (TPSA) is 47.6 Å². The maximum atomic E-state index is 12.0. The summed E-state index contributed by atoms with van der Waals surface area (Å²) < 4.78 is 10.9. The van der Waals surface area contributed by atoms with Crippen molar-refractivity contribution in [2.75, 3.05) is 20.3 Å². The summed E-state index contributed by atoms with van der Waals surface area (Å²) in [4.78, 5) is 12.0. The van der Waals surface area contributed by atoms with Crippen LogP contribution in [0.25, 0.3) is 0 Å². The van der Waals surface area contributed by atoms with Gasteiger partial charge in [-0.25, -0.2) is 0 Å². The zero-order chi connectivity index (χ0) is 19.0. The molecule has 4 nitrogen and oxygen atoms in total. The van der Waals surface area contributed by atoms with Crippen LogP contribution >= 0.6 is 0 Å². The van der Waals surface area contributed by atoms with Gasteiger partial charge in [-0.3, -0.25) is 4.79 Å². The van der Waals surface area contributed by atoms with Crippen molar-refractivity contribution in [3.63, 3.8) is 0 Å². The van der Waals surface area contributed by atoms with Gasteiger partial charge in [-0.2, -0.15) is 0 Å². The molecule has 2 aromatic carbocycles. The molecule has 0 radical (unpaired) electrons. The Balaban J connectivity index is 1.72. The third-order valence-corrected chi connectivity index (χ3v) is 4.18. The highest BCUT2D eigenvalue weighted by Gasteiger charge is 2.18. The van der Waals surface area contributed by atoms with Gasteiger partial charge in [-0.15, -0.1) is 0 Å². The van der Waals surface area contributed by atoms with Crippen molar-refractivity contribution in [1.82, 2.24) is 5.32 Å². The monoisotopic (exact) mass is 355 g/mol. The van der Waals surface area contributed by atoms with Gasteiger partial charge in [-0.1, -0.05) is 51.1 Å². The Morgan fingerprint density at radius 2 is 1.73 bits per heavy atom. The summed E-state index contributed by atoms with van der Waals surface area (Å²) in [6.07, 6.45) is 1.80. The van der Waals surface area contributed by atoms with Gasteiger partial charge in [0.2, 0.25) is 0 Å². The lowest BCUT2D eigenvalue weighted by Crippen LogP contribution is -2.30. The van der Waals surface area contributed by atoms with Crippen LogP contribution in [-0.2, 0) is 16.6 Å². The number of carbonyl (C=O) groups excluding carboxylic acids is 1. The van der Waals surface area contributed by atoms with E-state index < -0.39 is 0 Å². The standard InChI is InChI=1S/C22H29NO3/c1-22(2,3)19-9-5-6-10-20(19)26-16-21(24)23-15-7-8-17-11-13-18(25-4)14-12-17/h5-6,9-14H,7-8,15-16H2,1-4H3,(H,23,24). The van der Waals surface area contributed by atoms with Gasteiger partial charge >= 0.3 is 0 Å². The van der Waals surface area contributed by atoms with Crippen LogP contribution in [0, 0.1) is 0 Å². The molecule has 0 unspecified atom stereocenters. The Labute approximate surface area is 156 Å². The van der Waals surface area contributed by atoms with E-state index in [2.05, 4.69) is 26.1 Å². The van der Waals surface area contributed by atoms with E-state index in [4.69, 9.17) is 9.47 Å². The van der Waals surface area contributed by atoms with Crippen LogP contribution in [0.2, 0.25) is 0 Å². The second-order valence-corrected chi connectivity index (χ2v) is 7.34. The molecule has 0 atom stereocenters. The summed E-state index contributed by atoms with van der Waals surface area (Å²) in [5.74, 6) is 1.53. The van der Waals surface area contributed by atoms with E-state index in [9.17, 15) is 4.79 Å². The van der Waals surface area contributed by atoms with Crippen LogP contribution in [0.5, 0.6) is 11.5 Å². The fourth-order valence-corrected chi connectivity index (χ4v) is 2.72. The van der Waals surface area contributed by atoms with Crippen molar-refractivity contribution in [1.29, 1.82) is 0 Å². The molecule has 1 N–H and O–H groups in total. The summed E-state index contributed by atoms with van der Waals surface area (Å²) in [6.45, 7) is 7.07. The van der Waals surface area contributed by atoms with Crippen molar-refractivity contribution < 1.29 is 14.3 Å². The minimum atomic E-state index is -0.0940. The highest BCUT2D eigenvalue weighted by atomic mass is 16.5. The molecule has 0 aromatic heterocycles. The Morgan fingerprint density at radius 1 is 1.04 bits per heavy atom. The number of nitrogens with one attached hydrogen (secondary N) is 1. The molecule has 0 saturated carbocycles. The van der Waals surface area contributed by atoms with Crippen LogP contribution in [0.3, 0.4) is 0 Å². The summed E-state index contributed by atoms with van der Waals surface area (Å²) in [5, 5.41) is 2.92. The molecule has 2 rings (SSSR count). The number of benzene rings is 2. The van der Waals surface area contributed by atoms with Gasteiger partial charge in [0.25, 0.3) is 5.91 Å². The molecule has 2 aromatic rings. The van der Waals surface area contributed by atoms with Gasteiger partial charge in [0.05, 0.1) is 7.11 Å². The number of aryl methyl sites for hydroxylation is 1. The summed E-state index contributed by atoms with van der Waals surface area (Å²) in [6, 6.07) is 15.9. The minimum Gasteiger partial charge on any atom is -0.497 e. The first-order valence-corrected chi connectivity index (χ1v) is 9.02. The number of rotatable bonds is 8.